The van der Waals surface area contributed by atoms with Gasteiger partial charge in [-0.15, -0.1) is 0 Å². The van der Waals surface area contributed by atoms with Gasteiger partial charge in [-0.3, -0.25) is 5.41 Å². The fourth-order valence-corrected chi connectivity index (χ4v) is 1.10. The smallest absolute Gasteiger partial charge is 0.419 e. The second-order valence-electron chi connectivity index (χ2n) is 2.83. The van der Waals surface area contributed by atoms with Crippen molar-refractivity contribution >= 4 is 5.84 Å². The van der Waals surface area contributed by atoms with Gasteiger partial charge in [-0.2, -0.15) is 13.2 Å². The first-order valence-corrected chi connectivity index (χ1v) is 3.96. The highest BCUT2D eigenvalue weighted by molar-refractivity contribution is 5.95. The lowest BCUT2D eigenvalue weighted by Gasteiger charge is -2.12. The first kappa shape index (κ1) is 11.4. The molecule has 0 bridgehead atoms. The lowest BCUT2D eigenvalue weighted by Crippen LogP contribution is -2.14. The van der Waals surface area contributed by atoms with E-state index in [0.29, 0.717) is 0 Å². The number of nitrogens with one attached hydrogen (secondary N) is 1. The molecule has 6 heteroatoms. The highest BCUT2D eigenvalue weighted by atomic mass is 19.4. The quantitative estimate of drug-likeness (QED) is 0.589. The summed E-state index contributed by atoms with van der Waals surface area (Å²) in [7, 11) is 1.15. The Labute approximate surface area is 84.2 Å². The molecule has 3 N–H and O–H groups in total. The molecule has 0 unspecified atom stereocenters. The van der Waals surface area contributed by atoms with Gasteiger partial charge in [0.1, 0.15) is 11.6 Å². The van der Waals surface area contributed by atoms with Crippen molar-refractivity contribution < 1.29 is 17.9 Å². The third-order valence-electron chi connectivity index (χ3n) is 1.82. The fraction of sp³-hybridized carbons (Fsp3) is 0.222. The molecule has 0 aliphatic rings. The molecule has 0 radical (unpaired) electrons. The van der Waals surface area contributed by atoms with Crippen LogP contribution in [-0.4, -0.2) is 12.9 Å². The van der Waals surface area contributed by atoms with E-state index in [0.717, 1.165) is 19.2 Å². The van der Waals surface area contributed by atoms with Crippen LogP contribution in [0, 0.1) is 5.41 Å². The summed E-state index contributed by atoms with van der Waals surface area (Å²) >= 11 is 0. The van der Waals surface area contributed by atoms with Gasteiger partial charge in [0.05, 0.1) is 12.7 Å². The molecule has 0 aromatic heterocycles. The highest BCUT2D eigenvalue weighted by Gasteiger charge is 2.34. The van der Waals surface area contributed by atoms with Gasteiger partial charge in [0.25, 0.3) is 0 Å². The van der Waals surface area contributed by atoms with Gasteiger partial charge in [0, 0.05) is 5.56 Å². The van der Waals surface area contributed by atoms with E-state index in [9.17, 15) is 13.2 Å². The molecule has 3 nitrogen and oxygen atoms in total. The molecule has 0 amide bonds. The zero-order valence-corrected chi connectivity index (χ0v) is 7.85. The summed E-state index contributed by atoms with van der Waals surface area (Å²) < 4.78 is 42.0. The Bertz CT molecular complexity index is 387. The van der Waals surface area contributed by atoms with Gasteiger partial charge in [0.15, 0.2) is 0 Å². The minimum Gasteiger partial charge on any atom is -0.496 e. The maximum Gasteiger partial charge on any atom is 0.419 e. The predicted octanol–water partition coefficient (Wildman–Crippen LogP) is 2.00. The zero-order chi connectivity index (χ0) is 11.6. The van der Waals surface area contributed by atoms with Crippen LogP contribution in [-0.2, 0) is 6.18 Å². The molecule has 82 valence electrons. The Kier molecular flexibility index (Phi) is 2.88. The van der Waals surface area contributed by atoms with Crippen LogP contribution in [0.3, 0.4) is 0 Å². The zero-order valence-electron chi connectivity index (χ0n) is 7.85. The van der Waals surface area contributed by atoms with Crippen molar-refractivity contribution in [1.82, 2.24) is 0 Å². The maximum atomic E-state index is 12.5. The number of rotatable bonds is 2. The van der Waals surface area contributed by atoms with Crippen molar-refractivity contribution in [2.45, 2.75) is 6.18 Å². The average molecular weight is 218 g/mol. The molecule has 1 aromatic rings. The normalized spacial score (nSPS) is 11.2. The van der Waals surface area contributed by atoms with E-state index in [1.807, 2.05) is 0 Å². The molecule has 15 heavy (non-hydrogen) atoms. The van der Waals surface area contributed by atoms with E-state index in [1.54, 1.807) is 0 Å². The van der Waals surface area contributed by atoms with Crippen molar-refractivity contribution in [3.63, 3.8) is 0 Å². The summed E-state index contributed by atoms with van der Waals surface area (Å²) in [6.07, 6.45) is -4.52. The van der Waals surface area contributed by atoms with Gasteiger partial charge in [0.2, 0.25) is 0 Å². The SMILES string of the molecule is COc1ccc(C(=N)N)cc1C(F)(F)F. The number of halogens is 3. The van der Waals surface area contributed by atoms with Crippen LogP contribution in [0.5, 0.6) is 5.75 Å². The Morgan fingerprint density at radius 3 is 2.40 bits per heavy atom. The second-order valence-corrected chi connectivity index (χ2v) is 2.83. The van der Waals surface area contributed by atoms with Crippen molar-refractivity contribution in [2.24, 2.45) is 5.73 Å². The van der Waals surface area contributed by atoms with Crippen LogP contribution < -0.4 is 10.5 Å². The highest BCUT2D eigenvalue weighted by Crippen LogP contribution is 2.36. The van der Waals surface area contributed by atoms with E-state index >= 15 is 0 Å². The largest absolute Gasteiger partial charge is 0.496 e. The number of nitrogens with two attached hydrogens (primary N) is 1. The second kappa shape index (κ2) is 3.80. The molecule has 1 rings (SSSR count). The van der Waals surface area contributed by atoms with E-state index in [2.05, 4.69) is 4.74 Å². The third-order valence-corrected chi connectivity index (χ3v) is 1.82. The van der Waals surface area contributed by atoms with Crippen LogP contribution in [0.25, 0.3) is 0 Å². The van der Waals surface area contributed by atoms with E-state index in [4.69, 9.17) is 11.1 Å². The first-order valence-electron chi connectivity index (χ1n) is 3.96. The number of nitrogen functional groups attached to an aromatic ring is 1. The first-order chi connectivity index (χ1) is 6.86. The fourth-order valence-electron chi connectivity index (χ4n) is 1.10. The number of benzene rings is 1. The molecule has 0 spiro atoms. The van der Waals surface area contributed by atoms with E-state index in [1.165, 1.54) is 6.07 Å². The van der Waals surface area contributed by atoms with Crippen molar-refractivity contribution in [2.75, 3.05) is 7.11 Å². The van der Waals surface area contributed by atoms with Gasteiger partial charge in [-0.25, -0.2) is 0 Å². The molecular weight excluding hydrogens is 209 g/mol. The Hall–Kier alpha value is -1.72. The van der Waals surface area contributed by atoms with Gasteiger partial charge in [-0.05, 0) is 18.2 Å². The summed E-state index contributed by atoms with van der Waals surface area (Å²) in [6, 6.07) is 3.23. The topological polar surface area (TPSA) is 59.1 Å². The number of alkyl halides is 3. The standard InChI is InChI=1S/C9H9F3N2O/c1-15-7-3-2-5(8(13)14)4-6(7)9(10,11)12/h2-4H,1H3,(H3,13,14). The monoisotopic (exact) mass is 218 g/mol. The Morgan fingerprint density at radius 2 is 2.00 bits per heavy atom. The summed E-state index contributed by atoms with van der Waals surface area (Å²) in [5.74, 6) is -0.698. The van der Waals surface area contributed by atoms with Crippen LogP contribution in [0.2, 0.25) is 0 Å². The molecule has 1 aromatic carbocycles. The number of hydrogen-bond donors (Lipinski definition) is 2. The minimum atomic E-state index is -4.52. The van der Waals surface area contributed by atoms with Crippen molar-refractivity contribution in [3.05, 3.63) is 29.3 Å². The maximum absolute atomic E-state index is 12.5. The lowest BCUT2D eigenvalue weighted by molar-refractivity contribution is -0.138. The van der Waals surface area contributed by atoms with Crippen LogP contribution in [0.15, 0.2) is 18.2 Å². The Morgan fingerprint density at radius 1 is 1.40 bits per heavy atom. The summed E-state index contributed by atoms with van der Waals surface area (Å²) in [4.78, 5) is 0. The van der Waals surface area contributed by atoms with Crippen LogP contribution >= 0.6 is 0 Å². The molecule has 0 saturated carbocycles. The molecular formula is C9H9F3N2O. The molecule has 0 fully saturated rings. The summed E-state index contributed by atoms with van der Waals surface area (Å²) in [6.45, 7) is 0. The molecule has 0 heterocycles. The summed E-state index contributed by atoms with van der Waals surface area (Å²) in [5, 5.41) is 7.03. The number of ether oxygens (including phenoxy) is 1. The van der Waals surface area contributed by atoms with Gasteiger partial charge in [-0.1, -0.05) is 0 Å². The van der Waals surface area contributed by atoms with Crippen molar-refractivity contribution in [3.8, 4) is 5.75 Å². The van der Waals surface area contributed by atoms with Gasteiger partial charge < -0.3 is 10.5 Å². The molecule has 0 atom stereocenters. The molecule has 0 saturated heterocycles. The average Bonchev–Trinajstić information content (AvgIpc) is 2.15. The number of hydrogen-bond acceptors (Lipinski definition) is 2. The lowest BCUT2D eigenvalue weighted by atomic mass is 10.1. The van der Waals surface area contributed by atoms with E-state index < -0.39 is 17.6 Å². The minimum absolute atomic E-state index is 0.0168. The van der Waals surface area contributed by atoms with Crippen molar-refractivity contribution in [1.29, 1.82) is 5.41 Å². The summed E-state index contributed by atoms with van der Waals surface area (Å²) in [5.41, 5.74) is 4.18. The van der Waals surface area contributed by atoms with Crippen LogP contribution in [0.4, 0.5) is 13.2 Å². The number of amidine groups is 1. The predicted molar refractivity (Wildman–Crippen MR) is 49.0 cm³/mol. The third kappa shape index (κ3) is 2.39. The number of methoxy groups -OCH3 is 1. The van der Waals surface area contributed by atoms with Crippen LogP contribution in [0.1, 0.15) is 11.1 Å². The Balaban J connectivity index is 3.32. The molecule has 0 aliphatic carbocycles. The van der Waals surface area contributed by atoms with Gasteiger partial charge >= 0.3 is 6.18 Å². The van der Waals surface area contributed by atoms with E-state index in [-0.39, 0.29) is 11.3 Å². The molecule has 0 aliphatic heterocycles.